The van der Waals surface area contributed by atoms with Gasteiger partial charge in [0.15, 0.2) is 5.96 Å². The summed E-state index contributed by atoms with van der Waals surface area (Å²) in [4.78, 5) is 4.42. The second-order valence-electron chi connectivity index (χ2n) is 5.51. The van der Waals surface area contributed by atoms with Crippen molar-refractivity contribution in [3.05, 3.63) is 29.8 Å². The fourth-order valence-electron chi connectivity index (χ4n) is 1.71. The first kappa shape index (κ1) is 23.1. The fraction of sp³-hybridized carbons (Fsp3) is 0.533. The van der Waals surface area contributed by atoms with Gasteiger partial charge >= 0.3 is 0 Å². The molecule has 0 saturated carbocycles. The summed E-state index contributed by atoms with van der Waals surface area (Å²) in [5.41, 5.74) is 6.54. The van der Waals surface area contributed by atoms with Crippen LogP contribution in [-0.4, -0.2) is 41.2 Å². The van der Waals surface area contributed by atoms with Gasteiger partial charge in [0.2, 0.25) is 10.0 Å². The Balaban J connectivity index is 0.00000529. The molecule has 1 aromatic carbocycles. The number of guanidine groups is 1. The number of aliphatic imine (C=N–C) groups is 1. The van der Waals surface area contributed by atoms with Crippen molar-refractivity contribution in [3.63, 3.8) is 0 Å². The summed E-state index contributed by atoms with van der Waals surface area (Å²) in [5.74, 6) is 0.820. The number of nitrogens with zero attached hydrogens (tertiary/aromatic N) is 1. The average Bonchev–Trinajstić information content (AvgIpc) is 2.51. The summed E-state index contributed by atoms with van der Waals surface area (Å²) in [6.45, 7) is 5.76. The number of rotatable bonds is 9. The molecule has 7 nitrogen and oxygen atoms in total. The van der Waals surface area contributed by atoms with Gasteiger partial charge in [0, 0.05) is 20.2 Å². The van der Waals surface area contributed by atoms with Gasteiger partial charge in [-0.25, -0.2) is 18.1 Å². The largest absolute Gasteiger partial charge is 0.383 e. The second kappa shape index (κ2) is 11.6. The molecule has 0 saturated heterocycles. The number of ether oxygens (including phenoxy) is 1. The molecule has 0 amide bonds. The van der Waals surface area contributed by atoms with Gasteiger partial charge in [0.25, 0.3) is 0 Å². The van der Waals surface area contributed by atoms with Gasteiger partial charge in [-0.05, 0) is 23.6 Å². The molecule has 0 aliphatic rings. The van der Waals surface area contributed by atoms with E-state index in [1.165, 1.54) is 7.11 Å². The molecule has 0 radical (unpaired) electrons. The molecule has 0 aromatic heterocycles. The van der Waals surface area contributed by atoms with Gasteiger partial charge in [-0.15, -0.1) is 24.0 Å². The maximum Gasteiger partial charge on any atom is 0.240 e. The summed E-state index contributed by atoms with van der Waals surface area (Å²) in [7, 11) is -2.02. The second-order valence-corrected chi connectivity index (χ2v) is 7.28. The first-order valence-electron chi connectivity index (χ1n) is 7.46. The van der Waals surface area contributed by atoms with Crippen LogP contribution in [0.4, 0.5) is 0 Å². The summed E-state index contributed by atoms with van der Waals surface area (Å²) < 4.78 is 31.6. The number of hydrogen-bond acceptors (Lipinski definition) is 4. The summed E-state index contributed by atoms with van der Waals surface area (Å²) in [6, 6.07) is 6.64. The quantitative estimate of drug-likeness (QED) is 0.218. The smallest absolute Gasteiger partial charge is 0.240 e. The third-order valence-corrected chi connectivity index (χ3v) is 4.39. The molecule has 138 valence electrons. The van der Waals surface area contributed by atoms with E-state index in [0.717, 1.165) is 12.1 Å². The molecule has 0 fully saturated rings. The van der Waals surface area contributed by atoms with Gasteiger partial charge < -0.3 is 15.8 Å². The van der Waals surface area contributed by atoms with E-state index in [1.54, 1.807) is 18.2 Å². The fourth-order valence-corrected chi connectivity index (χ4v) is 2.80. The minimum Gasteiger partial charge on any atom is -0.383 e. The lowest BCUT2D eigenvalue weighted by Gasteiger charge is -2.09. The zero-order valence-electron chi connectivity index (χ0n) is 14.3. The lowest BCUT2D eigenvalue weighted by atomic mass is 10.2. The van der Waals surface area contributed by atoms with Gasteiger partial charge in [0.05, 0.1) is 18.0 Å². The maximum absolute atomic E-state index is 12.1. The zero-order valence-corrected chi connectivity index (χ0v) is 17.4. The first-order valence-corrected chi connectivity index (χ1v) is 8.95. The summed E-state index contributed by atoms with van der Waals surface area (Å²) in [5, 5.41) is 3.01. The normalized spacial score (nSPS) is 12.1. The van der Waals surface area contributed by atoms with Crippen LogP contribution in [0.5, 0.6) is 0 Å². The number of halogens is 1. The van der Waals surface area contributed by atoms with E-state index in [2.05, 4.69) is 28.9 Å². The molecule has 1 rings (SSSR count). The van der Waals surface area contributed by atoms with Crippen LogP contribution in [0.3, 0.4) is 0 Å². The standard InChI is InChI=1S/C15H26N4O3S.HI/c1-12(2)10-17-15(16)18-11-13-5-4-6-14(9-13)23(20,21)19-7-8-22-3;/h4-6,9,12,19H,7-8,10-11H2,1-3H3,(H3,16,17,18);1H. The van der Waals surface area contributed by atoms with Crippen LogP contribution in [0.15, 0.2) is 34.2 Å². The van der Waals surface area contributed by atoms with Crippen molar-refractivity contribution >= 4 is 40.0 Å². The summed E-state index contributed by atoms with van der Waals surface area (Å²) in [6.07, 6.45) is 0. The van der Waals surface area contributed by atoms with E-state index in [9.17, 15) is 8.42 Å². The molecular formula is C15H27IN4O3S. The van der Waals surface area contributed by atoms with Crippen LogP contribution in [0.2, 0.25) is 0 Å². The van der Waals surface area contributed by atoms with Crippen molar-refractivity contribution in [1.82, 2.24) is 10.0 Å². The Morgan fingerprint density at radius 1 is 1.38 bits per heavy atom. The molecule has 0 spiro atoms. The molecule has 4 N–H and O–H groups in total. The Bertz CT molecular complexity index is 621. The van der Waals surface area contributed by atoms with Gasteiger partial charge in [-0.2, -0.15) is 0 Å². The minimum atomic E-state index is -3.54. The van der Waals surface area contributed by atoms with E-state index in [0.29, 0.717) is 25.0 Å². The predicted octanol–water partition coefficient (Wildman–Crippen LogP) is 1.29. The Morgan fingerprint density at radius 2 is 2.08 bits per heavy atom. The summed E-state index contributed by atoms with van der Waals surface area (Å²) >= 11 is 0. The van der Waals surface area contributed by atoms with Crippen molar-refractivity contribution in [3.8, 4) is 0 Å². The van der Waals surface area contributed by atoms with Gasteiger partial charge in [-0.3, -0.25) is 0 Å². The molecule has 0 aliphatic heterocycles. The number of nitrogens with two attached hydrogens (primary N) is 1. The van der Waals surface area contributed by atoms with E-state index < -0.39 is 10.0 Å². The molecule has 24 heavy (non-hydrogen) atoms. The lowest BCUT2D eigenvalue weighted by Crippen LogP contribution is -2.34. The third kappa shape index (κ3) is 8.81. The Labute approximate surface area is 161 Å². The minimum absolute atomic E-state index is 0. The predicted molar refractivity (Wildman–Crippen MR) is 107 cm³/mol. The SMILES string of the molecule is COCCNS(=O)(=O)c1cccc(CN=C(N)NCC(C)C)c1.I. The van der Waals surface area contributed by atoms with E-state index in [1.807, 2.05) is 6.07 Å². The molecule has 9 heteroatoms. The number of methoxy groups -OCH3 is 1. The topological polar surface area (TPSA) is 106 Å². The monoisotopic (exact) mass is 470 g/mol. The van der Waals surface area contributed by atoms with Crippen LogP contribution < -0.4 is 15.8 Å². The molecule has 0 unspecified atom stereocenters. The highest BCUT2D eigenvalue weighted by atomic mass is 127. The van der Waals surface area contributed by atoms with Crippen LogP contribution in [-0.2, 0) is 21.3 Å². The number of hydrogen-bond donors (Lipinski definition) is 3. The Morgan fingerprint density at radius 3 is 2.71 bits per heavy atom. The molecule has 0 aliphatic carbocycles. The van der Waals surface area contributed by atoms with Crippen molar-refractivity contribution in [2.75, 3.05) is 26.8 Å². The molecule has 1 aromatic rings. The van der Waals surface area contributed by atoms with E-state index in [-0.39, 0.29) is 35.4 Å². The lowest BCUT2D eigenvalue weighted by molar-refractivity contribution is 0.204. The van der Waals surface area contributed by atoms with E-state index >= 15 is 0 Å². The molecular weight excluding hydrogens is 443 g/mol. The molecule has 0 bridgehead atoms. The number of benzene rings is 1. The van der Waals surface area contributed by atoms with Crippen molar-refractivity contribution in [1.29, 1.82) is 0 Å². The van der Waals surface area contributed by atoms with Crippen molar-refractivity contribution in [2.24, 2.45) is 16.6 Å². The third-order valence-electron chi connectivity index (χ3n) is 2.93. The van der Waals surface area contributed by atoms with Crippen molar-refractivity contribution in [2.45, 2.75) is 25.3 Å². The highest BCUT2D eigenvalue weighted by molar-refractivity contribution is 14.0. The van der Waals surface area contributed by atoms with Crippen LogP contribution in [0.25, 0.3) is 0 Å². The Hall–Kier alpha value is -0.910. The maximum atomic E-state index is 12.1. The first-order chi connectivity index (χ1) is 10.8. The molecule has 0 atom stereocenters. The van der Waals surface area contributed by atoms with Crippen LogP contribution in [0, 0.1) is 5.92 Å². The number of nitrogens with one attached hydrogen (secondary N) is 2. The van der Waals surface area contributed by atoms with Crippen molar-refractivity contribution < 1.29 is 13.2 Å². The Kier molecular flexibility index (Phi) is 11.2. The van der Waals surface area contributed by atoms with Crippen LogP contribution >= 0.6 is 24.0 Å². The molecule has 0 heterocycles. The average molecular weight is 470 g/mol. The van der Waals surface area contributed by atoms with E-state index in [4.69, 9.17) is 10.5 Å². The zero-order chi connectivity index (χ0) is 17.3. The van der Waals surface area contributed by atoms with Gasteiger partial charge in [-0.1, -0.05) is 26.0 Å². The number of sulfonamides is 1. The highest BCUT2D eigenvalue weighted by Crippen LogP contribution is 2.12. The van der Waals surface area contributed by atoms with Gasteiger partial charge in [0.1, 0.15) is 0 Å². The van der Waals surface area contributed by atoms with Crippen LogP contribution in [0.1, 0.15) is 19.4 Å². The highest BCUT2D eigenvalue weighted by Gasteiger charge is 2.13.